The number of hydrogen-bond acceptors (Lipinski definition) is 4. The molecule has 0 aliphatic heterocycles. The van der Waals surface area contributed by atoms with Crippen LogP contribution in [0.4, 0.5) is 14.5 Å². The summed E-state index contributed by atoms with van der Waals surface area (Å²) in [6.45, 7) is -0.303. The lowest BCUT2D eigenvalue weighted by atomic mass is 10.2. The third-order valence-corrected chi connectivity index (χ3v) is 2.72. The lowest BCUT2D eigenvalue weighted by Crippen LogP contribution is -2.02. The Bertz CT molecular complexity index is 703. The van der Waals surface area contributed by atoms with Gasteiger partial charge in [-0.05, 0) is 24.3 Å². The van der Waals surface area contributed by atoms with Crippen LogP contribution in [0.5, 0.6) is 5.75 Å². The summed E-state index contributed by atoms with van der Waals surface area (Å²) < 4.78 is 31.7. The molecule has 0 fully saturated rings. The van der Waals surface area contributed by atoms with Crippen molar-refractivity contribution in [3.63, 3.8) is 0 Å². The molecule has 0 heterocycles. The van der Waals surface area contributed by atoms with E-state index in [-0.39, 0.29) is 29.2 Å². The van der Waals surface area contributed by atoms with Gasteiger partial charge in [0.05, 0.1) is 10.5 Å². The summed E-state index contributed by atoms with van der Waals surface area (Å²) in [7, 11) is 0. The molecule has 2 aromatic rings. The quantitative estimate of drug-likeness (QED) is 0.482. The molecule has 7 heteroatoms. The minimum Gasteiger partial charge on any atom is -0.488 e. The first-order chi connectivity index (χ1) is 10.0. The molecular formula is C14H9F2NO4. The van der Waals surface area contributed by atoms with Gasteiger partial charge in [-0.15, -0.1) is 0 Å². The molecule has 0 aliphatic carbocycles. The number of carbonyl (C=O) groups is 1. The van der Waals surface area contributed by atoms with E-state index in [2.05, 4.69) is 0 Å². The zero-order chi connectivity index (χ0) is 15.4. The number of carbonyl (C=O) groups excluding carboxylic acids is 1. The van der Waals surface area contributed by atoms with Crippen LogP contribution in [0, 0.1) is 21.7 Å². The van der Waals surface area contributed by atoms with Gasteiger partial charge < -0.3 is 4.74 Å². The van der Waals surface area contributed by atoms with Gasteiger partial charge in [-0.3, -0.25) is 14.9 Å². The Morgan fingerprint density at radius 2 is 1.95 bits per heavy atom. The van der Waals surface area contributed by atoms with Crippen LogP contribution in [0.2, 0.25) is 0 Å². The first-order valence-electron chi connectivity index (χ1n) is 5.81. The van der Waals surface area contributed by atoms with Gasteiger partial charge in [0.25, 0.3) is 5.69 Å². The molecule has 0 saturated heterocycles. The Hall–Kier alpha value is -2.83. The molecule has 0 spiro atoms. The number of nitrogens with zero attached hydrogens (tertiary/aromatic N) is 1. The van der Waals surface area contributed by atoms with Crippen molar-refractivity contribution in [2.24, 2.45) is 0 Å². The minimum absolute atomic E-state index is 0.0230. The highest BCUT2D eigenvalue weighted by molar-refractivity contribution is 5.80. The zero-order valence-electron chi connectivity index (χ0n) is 10.6. The maximum absolute atomic E-state index is 13.4. The molecule has 2 aromatic carbocycles. The van der Waals surface area contributed by atoms with E-state index in [0.717, 1.165) is 30.3 Å². The number of non-ortho nitro benzene ring substituents is 1. The molecule has 0 amide bonds. The summed E-state index contributed by atoms with van der Waals surface area (Å²) in [6.07, 6.45) is 0.393. The number of nitro benzene ring substituents is 1. The summed E-state index contributed by atoms with van der Waals surface area (Å²) in [5, 5.41) is 10.6. The minimum atomic E-state index is -0.650. The lowest BCUT2D eigenvalue weighted by molar-refractivity contribution is -0.384. The second kappa shape index (κ2) is 6.08. The SMILES string of the molecule is O=Cc1cc([N+](=O)[O-])ccc1OCc1cc(F)ccc1F. The van der Waals surface area contributed by atoms with Crippen molar-refractivity contribution >= 4 is 12.0 Å². The van der Waals surface area contributed by atoms with Crippen molar-refractivity contribution in [2.75, 3.05) is 0 Å². The Balaban J connectivity index is 2.21. The van der Waals surface area contributed by atoms with Gasteiger partial charge in [-0.1, -0.05) is 0 Å². The van der Waals surface area contributed by atoms with Crippen LogP contribution >= 0.6 is 0 Å². The van der Waals surface area contributed by atoms with E-state index in [1.807, 2.05) is 0 Å². The summed E-state index contributed by atoms with van der Waals surface area (Å²) in [6, 6.07) is 6.35. The number of rotatable bonds is 5. The predicted molar refractivity (Wildman–Crippen MR) is 69.2 cm³/mol. The Labute approximate surface area is 117 Å². The number of hydrogen-bond donors (Lipinski definition) is 0. The Morgan fingerprint density at radius 1 is 1.19 bits per heavy atom. The highest BCUT2D eigenvalue weighted by Gasteiger charge is 2.12. The van der Waals surface area contributed by atoms with Crippen LogP contribution in [0.15, 0.2) is 36.4 Å². The average molecular weight is 293 g/mol. The van der Waals surface area contributed by atoms with Crippen molar-refractivity contribution < 1.29 is 23.2 Å². The van der Waals surface area contributed by atoms with Gasteiger partial charge in [0.2, 0.25) is 0 Å². The van der Waals surface area contributed by atoms with Crippen LogP contribution in [0.25, 0.3) is 0 Å². The van der Waals surface area contributed by atoms with Crippen LogP contribution in [0.3, 0.4) is 0 Å². The first-order valence-corrected chi connectivity index (χ1v) is 5.81. The number of benzene rings is 2. The third kappa shape index (κ3) is 3.38. The van der Waals surface area contributed by atoms with Crippen molar-refractivity contribution in [2.45, 2.75) is 6.61 Å². The molecule has 0 aliphatic rings. The zero-order valence-corrected chi connectivity index (χ0v) is 10.6. The molecular weight excluding hydrogens is 284 g/mol. The average Bonchev–Trinajstić information content (AvgIpc) is 2.47. The maximum Gasteiger partial charge on any atom is 0.270 e. The number of nitro groups is 1. The van der Waals surface area contributed by atoms with E-state index in [4.69, 9.17) is 4.74 Å². The molecule has 5 nitrogen and oxygen atoms in total. The Kier molecular flexibility index (Phi) is 4.22. The van der Waals surface area contributed by atoms with E-state index in [1.165, 1.54) is 6.07 Å². The summed E-state index contributed by atoms with van der Waals surface area (Å²) in [4.78, 5) is 20.8. The van der Waals surface area contributed by atoms with Crippen molar-refractivity contribution in [1.29, 1.82) is 0 Å². The van der Waals surface area contributed by atoms with Crippen LogP contribution in [0.1, 0.15) is 15.9 Å². The fourth-order valence-corrected chi connectivity index (χ4v) is 1.68. The second-order valence-electron chi connectivity index (χ2n) is 4.12. The van der Waals surface area contributed by atoms with E-state index < -0.39 is 16.6 Å². The molecule has 21 heavy (non-hydrogen) atoms. The molecule has 0 aromatic heterocycles. The van der Waals surface area contributed by atoms with Gasteiger partial charge in [0.1, 0.15) is 24.0 Å². The molecule has 0 saturated carbocycles. The third-order valence-electron chi connectivity index (χ3n) is 2.72. The van der Waals surface area contributed by atoms with Crippen LogP contribution in [-0.4, -0.2) is 11.2 Å². The van der Waals surface area contributed by atoms with E-state index >= 15 is 0 Å². The Morgan fingerprint density at radius 3 is 2.62 bits per heavy atom. The van der Waals surface area contributed by atoms with E-state index in [9.17, 15) is 23.7 Å². The van der Waals surface area contributed by atoms with Gasteiger partial charge in [-0.2, -0.15) is 0 Å². The molecule has 0 radical (unpaired) electrons. The fourth-order valence-electron chi connectivity index (χ4n) is 1.68. The van der Waals surface area contributed by atoms with Gasteiger partial charge in [0, 0.05) is 17.7 Å². The molecule has 0 N–H and O–H groups in total. The van der Waals surface area contributed by atoms with Gasteiger partial charge >= 0.3 is 0 Å². The second-order valence-corrected chi connectivity index (χ2v) is 4.12. The summed E-state index contributed by atoms with van der Waals surface area (Å²) in [5.74, 6) is -1.21. The maximum atomic E-state index is 13.4. The first kappa shape index (κ1) is 14.6. The molecule has 108 valence electrons. The number of ether oxygens (including phenoxy) is 1. The fraction of sp³-hybridized carbons (Fsp3) is 0.0714. The highest BCUT2D eigenvalue weighted by Crippen LogP contribution is 2.24. The largest absolute Gasteiger partial charge is 0.488 e. The van der Waals surface area contributed by atoms with Gasteiger partial charge in [0.15, 0.2) is 6.29 Å². The monoisotopic (exact) mass is 293 g/mol. The molecule has 2 rings (SSSR count). The molecule has 0 atom stereocenters. The van der Waals surface area contributed by atoms with E-state index in [1.54, 1.807) is 0 Å². The summed E-state index contributed by atoms with van der Waals surface area (Å²) >= 11 is 0. The lowest BCUT2D eigenvalue weighted by Gasteiger charge is -2.09. The number of aldehydes is 1. The normalized spacial score (nSPS) is 10.2. The molecule has 0 unspecified atom stereocenters. The summed E-state index contributed by atoms with van der Waals surface area (Å²) in [5.41, 5.74) is -0.326. The van der Waals surface area contributed by atoms with Gasteiger partial charge in [-0.25, -0.2) is 8.78 Å². The molecule has 0 bridgehead atoms. The van der Waals surface area contributed by atoms with Crippen molar-refractivity contribution in [3.05, 3.63) is 69.3 Å². The smallest absolute Gasteiger partial charge is 0.270 e. The standard InChI is InChI=1S/C14H9F2NO4/c15-11-1-3-13(16)10(5-11)8-21-14-4-2-12(17(19)20)6-9(14)7-18/h1-7H,8H2. The van der Waals surface area contributed by atoms with Crippen molar-refractivity contribution in [3.8, 4) is 5.75 Å². The topological polar surface area (TPSA) is 69.4 Å². The van der Waals surface area contributed by atoms with E-state index in [0.29, 0.717) is 6.29 Å². The van der Waals surface area contributed by atoms with Crippen LogP contribution in [-0.2, 0) is 6.61 Å². The predicted octanol–water partition coefficient (Wildman–Crippen LogP) is 3.26. The number of halogens is 2. The van der Waals surface area contributed by atoms with Crippen molar-refractivity contribution in [1.82, 2.24) is 0 Å². The highest BCUT2D eigenvalue weighted by atomic mass is 19.1. The van der Waals surface area contributed by atoms with Crippen LogP contribution < -0.4 is 4.74 Å².